The average molecular weight is 359 g/mol. The maximum atomic E-state index is 4.29. The molecule has 2 aromatic rings. The van der Waals surface area contributed by atoms with Crippen LogP contribution in [0.1, 0.15) is 5.82 Å². The van der Waals surface area contributed by atoms with E-state index in [1.165, 1.54) is 0 Å². The maximum Gasteiger partial charge on any atom is 0.110 e. The van der Waals surface area contributed by atoms with Crippen molar-refractivity contribution in [2.24, 2.45) is 7.05 Å². The number of anilines is 1. The van der Waals surface area contributed by atoms with Crippen molar-refractivity contribution in [2.75, 3.05) is 11.9 Å². The molecule has 0 saturated carbocycles. The van der Waals surface area contributed by atoms with E-state index >= 15 is 0 Å². The van der Waals surface area contributed by atoms with Gasteiger partial charge in [0.15, 0.2) is 0 Å². The largest absolute Gasteiger partial charge is 0.384 e. The molecule has 0 spiro atoms. The normalized spacial score (nSPS) is 10.5. The molecule has 0 amide bonds. The SMILES string of the molecule is Cn1ccnc1CCNc1cc(Br)ccc1Br. The van der Waals surface area contributed by atoms with Gasteiger partial charge in [0.1, 0.15) is 5.82 Å². The summed E-state index contributed by atoms with van der Waals surface area (Å²) in [5.41, 5.74) is 1.09. The zero-order valence-corrected chi connectivity index (χ0v) is 12.6. The number of hydrogen-bond acceptors (Lipinski definition) is 2. The molecule has 0 fully saturated rings. The zero-order chi connectivity index (χ0) is 12.3. The van der Waals surface area contributed by atoms with Crippen molar-refractivity contribution in [1.29, 1.82) is 0 Å². The fourth-order valence-electron chi connectivity index (χ4n) is 1.58. The van der Waals surface area contributed by atoms with Gasteiger partial charge in [-0.3, -0.25) is 0 Å². The van der Waals surface area contributed by atoms with Gasteiger partial charge >= 0.3 is 0 Å². The lowest BCUT2D eigenvalue weighted by atomic mass is 10.3. The molecule has 17 heavy (non-hydrogen) atoms. The van der Waals surface area contributed by atoms with E-state index in [4.69, 9.17) is 0 Å². The molecule has 0 saturated heterocycles. The molecule has 0 aliphatic heterocycles. The maximum absolute atomic E-state index is 4.29. The van der Waals surface area contributed by atoms with Gasteiger partial charge in [-0.15, -0.1) is 0 Å². The van der Waals surface area contributed by atoms with Crippen molar-refractivity contribution in [3.63, 3.8) is 0 Å². The van der Waals surface area contributed by atoms with E-state index in [2.05, 4.69) is 48.2 Å². The molecule has 0 aliphatic rings. The first-order valence-corrected chi connectivity index (χ1v) is 6.90. The molecule has 0 atom stereocenters. The second-order valence-corrected chi connectivity index (χ2v) is 5.53. The Balaban J connectivity index is 1.94. The lowest BCUT2D eigenvalue weighted by molar-refractivity contribution is 0.789. The van der Waals surface area contributed by atoms with Crippen LogP contribution in [0.3, 0.4) is 0 Å². The minimum Gasteiger partial charge on any atom is -0.384 e. The Hall–Kier alpha value is -0.810. The molecule has 1 N–H and O–H groups in total. The predicted molar refractivity (Wildman–Crippen MR) is 77.2 cm³/mol. The van der Waals surface area contributed by atoms with Crippen molar-refractivity contribution < 1.29 is 0 Å². The Morgan fingerprint density at radius 1 is 1.35 bits per heavy atom. The smallest absolute Gasteiger partial charge is 0.110 e. The van der Waals surface area contributed by atoms with E-state index in [9.17, 15) is 0 Å². The Labute approximate surface area is 118 Å². The quantitative estimate of drug-likeness (QED) is 0.904. The van der Waals surface area contributed by atoms with Crippen molar-refractivity contribution in [3.05, 3.63) is 45.4 Å². The van der Waals surface area contributed by atoms with E-state index in [0.717, 1.165) is 33.4 Å². The van der Waals surface area contributed by atoms with Crippen LogP contribution in [-0.4, -0.2) is 16.1 Å². The summed E-state index contributed by atoms with van der Waals surface area (Å²) in [6, 6.07) is 6.09. The van der Waals surface area contributed by atoms with Gasteiger partial charge in [0.2, 0.25) is 0 Å². The van der Waals surface area contributed by atoms with Crippen LogP contribution in [0.5, 0.6) is 0 Å². The highest BCUT2D eigenvalue weighted by molar-refractivity contribution is 9.11. The number of aryl methyl sites for hydroxylation is 1. The summed E-state index contributed by atoms with van der Waals surface area (Å²) in [6.07, 6.45) is 4.69. The zero-order valence-electron chi connectivity index (χ0n) is 9.45. The fraction of sp³-hybridized carbons (Fsp3) is 0.250. The lowest BCUT2D eigenvalue weighted by Crippen LogP contribution is -2.08. The monoisotopic (exact) mass is 357 g/mol. The molecule has 1 aromatic heterocycles. The first-order valence-electron chi connectivity index (χ1n) is 5.32. The van der Waals surface area contributed by atoms with Crippen LogP contribution in [0.15, 0.2) is 39.5 Å². The fourth-order valence-corrected chi connectivity index (χ4v) is 2.33. The molecule has 2 rings (SSSR count). The highest BCUT2D eigenvalue weighted by Crippen LogP contribution is 2.25. The molecule has 90 valence electrons. The number of rotatable bonds is 4. The average Bonchev–Trinajstić information content (AvgIpc) is 2.70. The van der Waals surface area contributed by atoms with Crippen LogP contribution < -0.4 is 5.32 Å². The Bertz CT molecular complexity index is 508. The van der Waals surface area contributed by atoms with E-state index < -0.39 is 0 Å². The third-order valence-electron chi connectivity index (χ3n) is 2.51. The second kappa shape index (κ2) is 5.69. The van der Waals surface area contributed by atoms with E-state index in [1.807, 2.05) is 36.1 Å². The van der Waals surface area contributed by atoms with Crippen molar-refractivity contribution in [1.82, 2.24) is 9.55 Å². The van der Waals surface area contributed by atoms with Gasteiger partial charge in [0.25, 0.3) is 0 Å². The first kappa shape index (κ1) is 12.6. The Morgan fingerprint density at radius 3 is 2.88 bits per heavy atom. The van der Waals surface area contributed by atoms with Gasteiger partial charge in [0.05, 0.1) is 0 Å². The minimum atomic E-state index is 0.861. The number of aromatic nitrogens is 2. The molecular weight excluding hydrogens is 346 g/mol. The van der Waals surface area contributed by atoms with E-state index in [1.54, 1.807) is 0 Å². The third kappa shape index (κ3) is 3.33. The number of imidazole rings is 1. The topological polar surface area (TPSA) is 29.9 Å². The molecule has 0 bridgehead atoms. The highest BCUT2D eigenvalue weighted by atomic mass is 79.9. The third-order valence-corrected chi connectivity index (χ3v) is 3.70. The van der Waals surface area contributed by atoms with E-state index in [-0.39, 0.29) is 0 Å². The van der Waals surface area contributed by atoms with Gasteiger partial charge in [-0.1, -0.05) is 15.9 Å². The molecule has 1 heterocycles. The highest BCUT2D eigenvalue weighted by Gasteiger charge is 2.02. The van der Waals surface area contributed by atoms with Crippen LogP contribution in [0.2, 0.25) is 0 Å². The van der Waals surface area contributed by atoms with Gasteiger partial charge in [-0.25, -0.2) is 4.98 Å². The van der Waals surface area contributed by atoms with Gasteiger partial charge in [-0.05, 0) is 34.1 Å². The standard InChI is InChI=1S/C12H13Br2N3/c1-17-7-6-16-12(17)4-5-15-11-8-9(13)2-3-10(11)14/h2-3,6-8,15H,4-5H2,1H3. The predicted octanol–water partition coefficient (Wildman–Crippen LogP) is 3.60. The van der Waals surface area contributed by atoms with Gasteiger partial charge in [0, 0.05) is 47.0 Å². The van der Waals surface area contributed by atoms with Crippen LogP contribution >= 0.6 is 31.9 Å². The lowest BCUT2D eigenvalue weighted by Gasteiger charge is -2.09. The number of benzene rings is 1. The number of halogens is 2. The van der Waals surface area contributed by atoms with Crippen LogP contribution in [0.4, 0.5) is 5.69 Å². The van der Waals surface area contributed by atoms with E-state index in [0.29, 0.717) is 0 Å². The number of nitrogens with zero attached hydrogens (tertiary/aromatic N) is 2. The molecule has 0 aliphatic carbocycles. The molecule has 1 aromatic carbocycles. The summed E-state index contributed by atoms with van der Waals surface area (Å²) in [7, 11) is 2.01. The Morgan fingerprint density at radius 2 is 2.18 bits per heavy atom. The molecular formula is C12H13Br2N3. The summed E-state index contributed by atoms with van der Waals surface area (Å²) < 4.78 is 4.18. The van der Waals surface area contributed by atoms with Crippen LogP contribution in [0, 0.1) is 0 Å². The molecule has 3 nitrogen and oxygen atoms in total. The number of hydrogen-bond donors (Lipinski definition) is 1. The minimum absolute atomic E-state index is 0.861. The second-order valence-electron chi connectivity index (χ2n) is 3.76. The van der Waals surface area contributed by atoms with Crippen LogP contribution in [0.25, 0.3) is 0 Å². The molecule has 0 unspecified atom stereocenters. The number of nitrogens with one attached hydrogen (secondary N) is 1. The molecule has 5 heteroatoms. The molecule has 0 radical (unpaired) electrons. The summed E-state index contributed by atoms with van der Waals surface area (Å²) in [5, 5.41) is 3.39. The van der Waals surface area contributed by atoms with Gasteiger partial charge < -0.3 is 9.88 Å². The summed E-state index contributed by atoms with van der Waals surface area (Å²) in [6.45, 7) is 0.861. The van der Waals surface area contributed by atoms with Gasteiger partial charge in [-0.2, -0.15) is 0 Å². The van der Waals surface area contributed by atoms with Crippen molar-refractivity contribution in [3.8, 4) is 0 Å². The van der Waals surface area contributed by atoms with Crippen LogP contribution in [-0.2, 0) is 13.5 Å². The first-order chi connectivity index (χ1) is 8.16. The summed E-state index contributed by atoms with van der Waals surface area (Å²) in [5.74, 6) is 1.09. The summed E-state index contributed by atoms with van der Waals surface area (Å²) in [4.78, 5) is 4.29. The van der Waals surface area contributed by atoms with Crippen molar-refractivity contribution >= 4 is 37.5 Å². The Kier molecular flexibility index (Phi) is 4.23. The van der Waals surface area contributed by atoms with Crippen molar-refractivity contribution in [2.45, 2.75) is 6.42 Å². The summed E-state index contributed by atoms with van der Waals surface area (Å²) >= 11 is 6.98.